The fraction of sp³-hybridized carbons (Fsp3) is 0.111. The summed E-state index contributed by atoms with van der Waals surface area (Å²) in [6, 6.07) is 11.1. The van der Waals surface area contributed by atoms with Gasteiger partial charge in [0, 0.05) is 36.1 Å². The number of fused-ring (bicyclic) bond motifs is 1. The standard InChI is InChI=1S/C18H14N4O2/c1-2-22-11-14(16(23)13-5-3-4-6-15(13)22)18-20-17(21-24-18)12-7-9-19-10-8-12/h3-11H,2H2,1H3. The van der Waals surface area contributed by atoms with Crippen molar-refractivity contribution in [2.45, 2.75) is 13.5 Å². The summed E-state index contributed by atoms with van der Waals surface area (Å²) >= 11 is 0. The van der Waals surface area contributed by atoms with Crippen LogP contribution < -0.4 is 5.43 Å². The number of pyridine rings is 2. The minimum atomic E-state index is -0.111. The molecule has 0 bridgehead atoms. The molecule has 6 nitrogen and oxygen atoms in total. The van der Waals surface area contributed by atoms with Gasteiger partial charge in [-0.15, -0.1) is 0 Å². The van der Waals surface area contributed by atoms with E-state index in [4.69, 9.17) is 4.52 Å². The largest absolute Gasteiger partial charge is 0.347 e. The topological polar surface area (TPSA) is 73.8 Å². The number of rotatable bonds is 3. The number of benzene rings is 1. The van der Waals surface area contributed by atoms with Gasteiger partial charge in [-0.3, -0.25) is 9.78 Å². The maximum atomic E-state index is 12.8. The highest BCUT2D eigenvalue weighted by Gasteiger charge is 2.16. The maximum Gasteiger partial charge on any atom is 0.263 e. The highest BCUT2D eigenvalue weighted by atomic mass is 16.5. The Balaban J connectivity index is 1.90. The zero-order valence-corrected chi connectivity index (χ0v) is 13.0. The Bertz CT molecular complexity index is 1070. The van der Waals surface area contributed by atoms with Gasteiger partial charge in [-0.2, -0.15) is 4.98 Å². The Morgan fingerprint density at radius 3 is 2.71 bits per heavy atom. The highest BCUT2D eigenvalue weighted by molar-refractivity contribution is 5.82. The molecule has 0 aliphatic carbocycles. The zero-order chi connectivity index (χ0) is 16.5. The smallest absolute Gasteiger partial charge is 0.263 e. The van der Waals surface area contributed by atoms with Crippen molar-refractivity contribution in [3.63, 3.8) is 0 Å². The van der Waals surface area contributed by atoms with Crippen LogP contribution in [0, 0.1) is 0 Å². The highest BCUT2D eigenvalue weighted by Crippen LogP contribution is 2.22. The Kier molecular flexibility index (Phi) is 3.42. The Morgan fingerprint density at radius 2 is 1.92 bits per heavy atom. The van der Waals surface area contributed by atoms with E-state index in [0.717, 1.165) is 17.6 Å². The third-order valence-electron chi connectivity index (χ3n) is 3.92. The van der Waals surface area contributed by atoms with Gasteiger partial charge in [-0.1, -0.05) is 17.3 Å². The fourth-order valence-electron chi connectivity index (χ4n) is 2.71. The average Bonchev–Trinajstić information content (AvgIpc) is 3.13. The number of hydrogen-bond donors (Lipinski definition) is 0. The Morgan fingerprint density at radius 1 is 1.12 bits per heavy atom. The summed E-state index contributed by atoms with van der Waals surface area (Å²) in [5.41, 5.74) is 1.97. The van der Waals surface area contributed by atoms with E-state index in [-0.39, 0.29) is 11.3 Å². The van der Waals surface area contributed by atoms with Crippen LogP contribution in [-0.4, -0.2) is 19.7 Å². The average molecular weight is 318 g/mol. The molecule has 0 N–H and O–H groups in total. The number of nitrogens with zero attached hydrogens (tertiary/aromatic N) is 4. The van der Waals surface area contributed by atoms with Crippen LogP contribution in [0.15, 0.2) is 64.3 Å². The molecule has 0 aliphatic heterocycles. The number of aryl methyl sites for hydroxylation is 1. The lowest BCUT2D eigenvalue weighted by Crippen LogP contribution is -2.11. The summed E-state index contributed by atoms with van der Waals surface area (Å²) in [5.74, 6) is 0.655. The molecule has 0 radical (unpaired) electrons. The molecule has 3 aromatic heterocycles. The third-order valence-corrected chi connectivity index (χ3v) is 3.92. The first-order chi connectivity index (χ1) is 11.8. The van der Waals surface area contributed by atoms with Gasteiger partial charge in [0.15, 0.2) is 0 Å². The van der Waals surface area contributed by atoms with Crippen LogP contribution in [0.5, 0.6) is 0 Å². The van der Waals surface area contributed by atoms with Gasteiger partial charge >= 0.3 is 0 Å². The summed E-state index contributed by atoms with van der Waals surface area (Å²) in [6.45, 7) is 2.76. The van der Waals surface area contributed by atoms with E-state index in [1.165, 1.54) is 0 Å². The Hall–Kier alpha value is -3.28. The lowest BCUT2D eigenvalue weighted by molar-refractivity contribution is 0.431. The first kappa shape index (κ1) is 14.3. The second-order valence-electron chi connectivity index (χ2n) is 5.33. The minimum absolute atomic E-state index is 0.111. The van der Waals surface area contributed by atoms with Crippen molar-refractivity contribution in [1.29, 1.82) is 0 Å². The molecule has 0 spiro atoms. The summed E-state index contributed by atoms with van der Waals surface area (Å²) in [7, 11) is 0. The molecule has 0 saturated heterocycles. The van der Waals surface area contributed by atoms with Crippen LogP contribution in [0.2, 0.25) is 0 Å². The SMILES string of the molecule is CCn1cc(-c2nc(-c3ccncc3)no2)c(=O)c2ccccc21. The van der Waals surface area contributed by atoms with Crippen molar-refractivity contribution >= 4 is 10.9 Å². The lowest BCUT2D eigenvalue weighted by atomic mass is 10.1. The molecule has 0 fully saturated rings. The van der Waals surface area contributed by atoms with Gasteiger partial charge in [0.25, 0.3) is 5.89 Å². The molecule has 4 aromatic rings. The number of aromatic nitrogens is 4. The second kappa shape index (κ2) is 5.73. The second-order valence-corrected chi connectivity index (χ2v) is 5.33. The van der Waals surface area contributed by atoms with Gasteiger partial charge < -0.3 is 9.09 Å². The van der Waals surface area contributed by atoms with E-state index in [2.05, 4.69) is 15.1 Å². The molecule has 0 unspecified atom stereocenters. The van der Waals surface area contributed by atoms with Crippen LogP contribution >= 0.6 is 0 Å². The van der Waals surface area contributed by atoms with Crippen molar-refractivity contribution < 1.29 is 4.52 Å². The van der Waals surface area contributed by atoms with Crippen LogP contribution in [0.4, 0.5) is 0 Å². The first-order valence-electron chi connectivity index (χ1n) is 7.64. The van der Waals surface area contributed by atoms with Crippen molar-refractivity contribution in [3.05, 3.63) is 65.2 Å². The molecule has 0 saturated carbocycles. The van der Waals surface area contributed by atoms with E-state index >= 15 is 0 Å². The molecule has 3 heterocycles. The predicted molar refractivity (Wildman–Crippen MR) is 90.4 cm³/mol. The van der Waals surface area contributed by atoms with E-state index < -0.39 is 0 Å². The summed E-state index contributed by atoms with van der Waals surface area (Å²) in [5, 5.41) is 4.62. The molecule has 1 aromatic carbocycles. The molecule has 6 heteroatoms. The maximum absolute atomic E-state index is 12.8. The van der Waals surface area contributed by atoms with Gasteiger partial charge in [-0.25, -0.2) is 0 Å². The lowest BCUT2D eigenvalue weighted by Gasteiger charge is -2.09. The Labute approximate surface area is 137 Å². The molecular weight excluding hydrogens is 304 g/mol. The molecule has 0 atom stereocenters. The van der Waals surface area contributed by atoms with E-state index in [1.807, 2.05) is 35.8 Å². The van der Waals surface area contributed by atoms with E-state index in [0.29, 0.717) is 16.8 Å². The van der Waals surface area contributed by atoms with Gasteiger partial charge in [-0.05, 0) is 31.2 Å². The number of hydrogen-bond acceptors (Lipinski definition) is 5. The van der Waals surface area contributed by atoms with Crippen LogP contribution in [-0.2, 0) is 6.54 Å². The van der Waals surface area contributed by atoms with Crippen LogP contribution in [0.3, 0.4) is 0 Å². The summed E-state index contributed by atoms with van der Waals surface area (Å²) in [6.07, 6.45) is 5.09. The quantitative estimate of drug-likeness (QED) is 0.580. The van der Waals surface area contributed by atoms with Crippen molar-refractivity contribution in [2.24, 2.45) is 0 Å². The van der Waals surface area contributed by atoms with Gasteiger partial charge in [0.2, 0.25) is 11.3 Å². The molecular formula is C18H14N4O2. The number of para-hydroxylation sites is 1. The van der Waals surface area contributed by atoms with Gasteiger partial charge in [0.05, 0.1) is 5.52 Å². The summed E-state index contributed by atoms with van der Waals surface area (Å²) in [4.78, 5) is 21.1. The molecule has 0 amide bonds. The van der Waals surface area contributed by atoms with Crippen molar-refractivity contribution in [3.8, 4) is 22.8 Å². The minimum Gasteiger partial charge on any atom is -0.347 e. The fourth-order valence-corrected chi connectivity index (χ4v) is 2.71. The monoisotopic (exact) mass is 318 g/mol. The van der Waals surface area contributed by atoms with Crippen LogP contribution in [0.25, 0.3) is 33.7 Å². The third kappa shape index (κ3) is 2.28. The van der Waals surface area contributed by atoms with E-state index in [9.17, 15) is 4.79 Å². The predicted octanol–water partition coefficient (Wildman–Crippen LogP) is 3.13. The molecule has 24 heavy (non-hydrogen) atoms. The normalized spacial score (nSPS) is 11.0. The zero-order valence-electron chi connectivity index (χ0n) is 13.0. The van der Waals surface area contributed by atoms with Crippen molar-refractivity contribution in [1.82, 2.24) is 19.7 Å². The molecule has 4 rings (SSSR count). The summed E-state index contributed by atoms with van der Waals surface area (Å²) < 4.78 is 7.34. The molecule has 118 valence electrons. The molecule has 0 aliphatic rings. The van der Waals surface area contributed by atoms with Crippen molar-refractivity contribution in [2.75, 3.05) is 0 Å². The van der Waals surface area contributed by atoms with Gasteiger partial charge in [0.1, 0.15) is 5.56 Å². The first-order valence-corrected chi connectivity index (χ1v) is 7.64. The van der Waals surface area contributed by atoms with E-state index in [1.54, 1.807) is 30.7 Å². The van der Waals surface area contributed by atoms with Crippen LogP contribution in [0.1, 0.15) is 6.92 Å².